The molecule has 3 aliphatic carbocycles. The van der Waals surface area contributed by atoms with Crippen molar-refractivity contribution in [2.45, 2.75) is 84.3 Å². The Morgan fingerprint density at radius 2 is 1.59 bits per heavy atom. The predicted molar refractivity (Wildman–Crippen MR) is 90.4 cm³/mol. The Morgan fingerprint density at radius 1 is 0.955 bits per heavy atom. The van der Waals surface area contributed by atoms with Gasteiger partial charge in [0.2, 0.25) is 0 Å². The van der Waals surface area contributed by atoms with E-state index in [1.165, 1.54) is 0 Å². The first-order valence-corrected chi connectivity index (χ1v) is 9.11. The van der Waals surface area contributed by atoms with E-state index in [2.05, 4.69) is 34.3 Å². The number of rotatable bonds is 1. The van der Waals surface area contributed by atoms with Gasteiger partial charge in [0.15, 0.2) is 0 Å². The maximum Gasteiger partial charge on any atom is 0.0690 e. The molecule has 22 heavy (non-hydrogen) atoms. The second-order valence-electron chi connectivity index (χ2n) is 9.73. The lowest BCUT2D eigenvalue weighted by Crippen LogP contribution is -2.65. The minimum absolute atomic E-state index is 0.0452. The summed E-state index contributed by atoms with van der Waals surface area (Å²) in [5.74, 6) is 0.739. The van der Waals surface area contributed by atoms with Gasteiger partial charge in [-0.15, -0.1) is 6.58 Å². The lowest BCUT2D eigenvalue weighted by Gasteiger charge is -2.65. The topological polar surface area (TPSA) is 40.5 Å². The smallest absolute Gasteiger partial charge is 0.0690 e. The molecule has 2 nitrogen and oxygen atoms in total. The van der Waals surface area contributed by atoms with Crippen LogP contribution in [-0.2, 0) is 0 Å². The van der Waals surface area contributed by atoms with Gasteiger partial charge in [-0.25, -0.2) is 0 Å². The van der Waals surface area contributed by atoms with Crippen molar-refractivity contribution < 1.29 is 10.2 Å². The van der Waals surface area contributed by atoms with Crippen molar-refractivity contribution in [1.29, 1.82) is 0 Å². The first-order chi connectivity index (χ1) is 10.1. The minimum Gasteiger partial charge on any atom is -0.393 e. The van der Waals surface area contributed by atoms with Crippen LogP contribution in [0.15, 0.2) is 12.7 Å². The lowest BCUT2D eigenvalue weighted by atomic mass is 9.41. The Morgan fingerprint density at radius 3 is 2.23 bits per heavy atom. The second-order valence-corrected chi connectivity index (χ2v) is 9.73. The third-order valence-electron chi connectivity index (χ3n) is 7.95. The molecule has 0 aromatic rings. The molecule has 0 saturated heterocycles. The van der Waals surface area contributed by atoms with Crippen molar-refractivity contribution in [1.82, 2.24) is 0 Å². The van der Waals surface area contributed by atoms with Crippen LogP contribution in [0.25, 0.3) is 0 Å². The molecule has 6 atom stereocenters. The molecule has 2 heteroatoms. The molecule has 3 fully saturated rings. The van der Waals surface area contributed by atoms with Crippen LogP contribution in [0.1, 0.15) is 72.6 Å². The third-order valence-corrected chi connectivity index (χ3v) is 7.95. The Bertz CT molecular complexity index is 470. The Hall–Kier alpha value is -0.340. The SMILES string of the molecule is C=C[C@@]1(C)CC[C@H]2[C@@](O)(CC[C@H]3C(C)(C)CC[C@@H](O)[C@@]32C)C1. The van der Waals surface area contributed by atoms with Crippen molar-refractivity contribution in [3.8, 4) is 0 Å². The molecule has 126 valence electrons. The Balaban J connectivity index is 1.99. The summed E-state index contributed by atoms with van der Waals surface area (Å²) >= 11 is 0. The van der Waals surface area contributed by atoms with Gasteiger partial charge in [0, 0.05) is 5.41 Å². The second kappa shape index (κ2) is 4.83. The molecule has 0 aromatic carbocycles. The van der Waals surface area contributed by atoms with Gasteiger partial charge in [-0.2, -0.15) is 0 Å². The Labute approximate surface area is 136 Å². The van der Waals surface area contributed by atoms with Gasteiger partial charge in [-0.3, -0.25) is 0 Å². The molecule has 0 aliphatic heterocycles. The van der Waals surface area contributed by atoms with Crippen LogP contribution in [0.2, 0.25) is 0 Å². The number of hydrogen-bond acceptors (Lipinski definition) is 2. The van der Waals surface area contributed by atoms with Crippen molar-refractivity contribution in [2.75, 3.05) is 0 Å². The van der Waals surface area contributed by atoms with Crippen LogP contribution in [0, 0.1) is 28.1 Å². The number of hydrogen-bond donors (Lipinski definition) is 2. The molecule has 0 aromatic heterocycles. The van der Waals surface area contributed by atoms with Crippen LogP contribution in [-0.4, -0.2) is 21.9 Å². The summed E-state index contributed by atoms with van der Waals surface area (Å²) < 4.78 is 0. The zero-order valence-electron chi connectivity index (χ0n) is 14.9. The average molecular weight is 306 g/mol. The summed E-state index contributed by atoms with van der Waals surface area (Å²) in [6, 6.07) is 0. The van der Waals surface area contributed by atoms with Gasteiger partial charge < -0.3 is 10.2 Å². The number of fused-ring (bicyclic) bond motifs is 3. The summed E-state index contributed by atoms with van der Waals surface area (Å²) in [7, 11) is 0. The lowest BCUT2D eigenvalue weighted by molar-refractivity contribution is -0.237. The largest absolute Gasteiger partial charge is 0.393 e. The standard InChI is InChI=1S/C20H34O2/c1-6-18(4)11-7-15-19(5)14(8-12-20(15,22)13-18)17(2,3)10-9-16(19)21/h6,14-16,21-22H,1,7-13H2,2-5H3/t14-,15+,16+,18-,19-,20+/m0/s1. The molecule has 3 rings (SSSR count). The molecule has 3 aliphatic rings. The molecule has 0 spiro atoms. The summed E-state index contributed by atoms with van der Waals surface area (Å²) in [4.78, 5) is 0. The first kappa shape index (κ1) is 16.5. The van der Waals surface area contributed by atoms with Crippen molar-refractivity contribution >= 4 is 0 Å². The van der Waals surface area contributed by atoms with E-state index in [4.69, 9.17) is 0 Å². The zero-order chi connectivity index (χ0) is 16.4. The average Bonchev–Trinajstić information content (AvgIpc) is 2.42. The van der Waals surface area contributed by atoms with Crippen LogP contribution in [0.3, 0.4) is 0 Å². The van der Waals surface area contributed by atoms with E-state index < -0.39 is 5.60 Å². The highest BCUT2D eigenvalue weighted by Gasteiger charge is 2.64. The van der Waals surface area contributed by atoms with Crippen LogP contribution >= 0.6 is 0 Å². The molecule has 0 unspecified atom stereocenters. The number of aliphatic hydroxyl groups is 2. The molecular formula is C20H34O2. The van der Waals surface area contributed by atoms with Crippen LogP contribution < -0.4 is 0 Å². The molecule has 0 radical (unpaired) electrons. The molecule has 3 saturated carbocycles. The molecule has 0 heterocycles. The third kappa shape index (κ3) is 2.13. The van der Waals surface area contributed by atoms with Crippen LogP contribution in [0.4, 0.5) is 0 Å². The molecule has 0 bridgehead atoms. The van der Waals surface area contributed by atoms with Gasteiger partial charge in [0.25, 0.3) is 0 Å². The zero-order valence-corrected chi connectivity index (χ0v) is 14.9. The highest BCUT2D eigenvalue weighted by atomic mass is 16.3. The van der Waals surface area contributed by atoms with Gasteiger partial charge >= 0.3 is 0 Å². The molecular weight excluding hydrogens is 272 g/mol. The maximum absolute atomic E-state index is 11.5. The summed E-state index contributed by atoms with van der Waals surface area (Å²) in [5.41, 5.74) is -0.448. The van der Waals surface area contributed by atoms with E-state index >= 15 is 0 Å². The minimum atomic E-state index is -0.624. The van der Waals surface area contributed by atoms with Crippen LogP contribution in [0.5, 0.6) is 0 Å². The fourth-order valence-electron chi connectivity index (χ4n) is 6.62. The predicted octanol–water partition coefficient (Wildman–Crippen LogP) is 4.31. The monoisotopic (exact) mass is 306 g/mol. The van der Waals surface area contributed by atoms with E-state index in [0.717, 1.165) is 44.9 Å². The quantitative estimate of drug-likeness (QED) is 0.709. The van der Waals surface area contributed by atoms with Gasteiger partial charge in [0.1, 0.15) is 0 Å². The Kier molecular flexibility index (Phi) is 3.63. The van der Waals surface area contributed by atoms with Gasteiger partial charge in [-0.05, 0) is 67.6 Å². The highest BCUT2D eigenvalue weighted by Crippen LogP contribution is 2.66. The van der Waals surface area contributed by atoms with E-state index in [1.54, 1.807) is 0 Å². The highest BCUT2D eigenvalue weighted by molar-refractivity contribution is 5.15. The summed E-state index contributed by atoms with van der Waals surface area (Å²) in [6.07, 6.45) is 8.59. The first-order valence-electron chi connectivity index (χ1n) is 9.11. The molecule has 2 N–H and O–H groups in total. The van der Waals surface area contributed by atoms with Crippen molar-refractivity contribution in [2.24, 2.45) is 28.1 Å². The molecule has 0 amide bonds. The normalized spacial score (nSPS) is 54.2. The number of aliphatic hydroxyl groups excluding tert-OH is 1. The fraction of sp³-hybridized carbons (Fsp3) is 0.900. The van der Waals surface area contributed by atoms with E-state index in [0.29, 0.717) is 5.92 Å². The van der Waals surface area contributed by atoms with Crippen molar-refractivity contribution in [3.63, 3.8) is 0 Å². The fourth-order valence-corrected chi connectivity index (χ4v) is 6.62. The van der Waals surface area contributed by atoms with E-state index in [9.17, 15) is 10.2 Å². The van der Waals surface area contributed by atoms with E-state index in [1.807, 2.05) is 6.08 Å². The maximum atomic E-state index is 11.5. The van der Waals surface area contributed by atoms with Gasteiger partial charge in [-0.1, -0.05) is 33.8 Å². The number of allylic oxidation sites excluding steroid dienone is 1. The summed E-state index contributed by atoms with van der Waals surface area (Å²) in [5, 5.41) is 22.4. The van der Waals surface area contributed by atoms with E-state index in [-0.39, 0.29) is 28.3 Å². The summed E-state index contributed by atoms with van der Waals surface area (Å²) in [6.45, 7) is 13.2. The van der Waals surface area contributed by atoms with Gasteiger partial charge in [0.05, 0.1) is 11.7 Å². The van der Waals surface area contributed by atoms with Crippen molar-refractivity contribution in [3.05, 3.63) is 12.7 Å².